The maximum Gasteiger partial charge on any atom is 0.226 e. The van der Waals surface area contributed by atoms with E-state index in [4.69, 9.17) is 4.42 Å². The van der Waals surface area contributed by atoms with Crippen LogP contribution in [0.5, 0.6) is 0 Å². The van der Waals surface area contributed by atoms with Gasteiger partial charge in [0.1, 0.15) is 12.1 Å². The maximum absolute atomic E-state index is 13.0. The summed E-state index contributed by atoms with van der Waals surface area (Å²) in [4.78, 5) is 13.6. The lowest BCUT2D eigenvalue weighted by Gasteiger charge is -2.34. The van der Waals surface area contributed by atoms with E-state index < -0.39 is 0 Å². The predicted octanol–water partition coefficient (Wildman–Crippen LogP) is 3.26. The molecular weight excluding hydrogens is 327 g/mol. The molecule has 0 N–H and O–H groups in total. The van der Waals surface area contributed by atoms with Gasteiger partial charge in [0.25, 0.3) is 0 Å². The average molecular weight is 344 g/mol. The summed E-state index contributed by atoms with van der Waals surface area (Å²) in [5.41, 5.74) is 1.69. The fraction of sp³-hybridized carbons (Fsp3) is 0.294. The van der Waals surface area contributed by atoms with Crippen molar-refractivity contribution >= 4 is 16.5 Å². The summed E-state index contributed by atoms with van der Waals surface area (Å²) in [5.74, 6) is 0.273. The highest BCUT2D eigenvalue weighted by Gasteiger charge is 2.19. The van der Waals surface area contributed by atoms with Crippen LogP contribution in [0.15, 0.2) is 46.5 Å². The highest BCUT2D eigenvalue weighted by atomic mass is 32.1. The Morgan fingerprint density at radius 3 is 2.62 bits per heavy atom. The third-order valence-corrected chi connectivity index (χ3v) is 4.92. The number of aromatic nitrogens is 2. The van der Waals surface area contributed by atoms with E-state index in [2.05, 4.69) is 19.8 Å². The molecule has 1 aromatic carbocycles. The quantitative estimate of drug-likeness (QED) is 0.727. The molecule has 7 heteroatoms. The van der Waals surface area contributed by atoms with Crippen molar-refractivity contribution < 1.29 is 8.81 Å². The standard InChI is InChI=1S/C17H17FN4OS/c18-14-3-1-13(2-4-14)16-20-15(12-23-16)11-21-6-8-22(9-7-21)17-19-5-10-24-17/h1-5,10,12H,6-9,11H2. The van der Waals surface area contributed by atoms with Gasteiger partial charge >= 0.3 is 0 Å². The Morgan fingerprint density at radius 2 is 1.92 bits per heavy atom. The first-order valence-electron chi connectivity index (χ1n) is 7.85. The van der Waals surface area contributed by atoms with E-state index in [9.17, 15) is 4.39 Å². The molecule has 1 saturated heterocycles. The molecule has 0 amide bonds. The van der Waals surface area contributed by atoms with Crippen molar-refractivity contribution in [3.05, 3.63) is 53.6 Å². The molecule has 0 saturated carbocycles. The number of anilines is 1. The van der Waals surface area contributed by atoms with Gasteiger partial charge in [-0.25, -0.2) is 14.4 Å². The highest BCUT2D eigenvalue weighted by Crippen LogP contribution is 2.21. The summed E-state index contributed by atoms with van der Waals surface area (Å²) in [5, 5.41) is 3.10. The first kappa shape index (κ1) is 15.3. The summed E-state index contributed by atoms with van der Waals surface area (Å²) < 4.78 is 18.5. The molecule has 4 rings (SSSR count). The zero-order valence-corrected chi connectivity index (χ0v) is 13.9. The Labute approximate surface area is 143 Å². The van der Waals surface area contributed by atoms with Crippen LogP contribution in [-0.4, -0.2) is 41.0 Å². The third-order valence-electron chi connectivity index (χ3n) is 4.09. The van der Waals surface area contributed by atoms with E-state index in [1.165, 1.54) is 12.1 Å². The van der Waals surface area contributed by atoms with Crippen molar-refractivity contribution in [2.75, 3.05) is 31.1 Å². The average Bonchev–Trinajstić information content (AvgIpc) is 3.28. The SMILES string of the molecule is Fc1ccc(-c2nc(CN3CCN(c4nccs4)CC3)co2)cc1. The van der Waals surface area contributed by atoms with Crippen molar-refractivity contribution in [2.24, 2.45) is 0 Å². The molecule has 0 spiro atoms. The minimum Gasteiger partial charge on any atom is -0.444 e. The Hall–Kier alpha value is -2.25. The zero-order valence-electron chi connectivity index (χ0n) is 13.1. The number of rotatable bonds is 4. The van der Waals surface area contributed by atoms with Crippen LogP contribution in [0.1, 0.15) is 5.69 Å². The molecule has 1 aliphatic rings. The van der Waals surface area contributed by atoms with Crippen molar-refractivity contribution in [1.29, 1.82) is 0 Å². The monoisotopic (exact) mass is 344 g/mol. The van der Waals surface area contributed by atoms with Crippen LogP contribution in [0.2, 0.25) is 0 Å². The van der Waals surface area contributed by atoms with E-state index in [0.717, 1.165) is 49.1 Å². The summed E-state index contributed by atoms with van der Waals surface area (Å²) in [6.07, 6.45) is 3.53. The van der Waals surface area contributed by atoms with E-state index in [0.29, 0.717) is 5.89 Å². The van der Waals surface area contributed by atoms with Crippen LogP contribution in [-0.2, 0) is 6.54 Å². The molecule has 24 heavy (non-hydrogen) atoms. The van der Waals surface area contributed by atoms with Gasteiger partial charge in [-0.15, -0.1) is 11.3 Å². The lowest BCUT2D eigenvalue weighted by Crippen LogP contribution is -2.45. The third kappa shape index (κ3) is 3.32. The lowest BCUT2D eigenvalue weighted by molar-refractivity contribution is 0.247. The number of nitrogens with zero attached hydrogens (tertiary/aromatic N) is 4. The van der Waals surface area contributed by atoms with E-state index in [1.54, 1.807) is 29.7 Å². The van der Waals surface area contributed by atoms with Gasteiger partial charge in [-0.05, 0) is 24.3 Å². The second kappa shape index (κ2) is 6.70. The van der Waals surface area contributed by atoms with Gasteiger partial charge in [-0.1, -0.05) is 0 Å². The number of benzene rings is 1. The molecule has 5 nitrogen and oxygen atoms in total. The number of piperazine rings is 1. The Kier molecular flexibility index (Phi) is 4.27. The molecule has 124 valence electrons. The predicted molar refractivity (Wildman–Crippen MR) is 91.5 cm³/mol. The van der Waals surface area contributed by atoms with Crippen LogP contribution in [0.4, 0.5) is 9.52 Å². The fourth-order valence-corrected chi connectivity index (χ4v) is 3.50. The summed E-state index contributed by atoms with van der Waals surface area (Å²) in [6.45, 7) is 4.64. The van der Waals surface area contributed by atoms with E-state index in [1.807, 2.05) is 11.6 Å². The van der Waals surface area contributed by atoms with Crippen LogP contribution >= 0.6 is 11.3 Å². The van der Waals surface area contributed by atoms with E-state index in [-0.39, 0.29) is 5.82 Å². The van der Waals surface area contributed by atoms with Crippen molar-refractivity contribution in [3.63, 3.8) is 0 Å². The molecular formula is C17H17FN4OS. The first-order valence-corrected chi connectivity index (χ1v) is 8.73. The van der Waals surface area contributed by atoms with Crippen LogP contribution in [0.25, 0.3) is 11.5 Å². The van der Waals surface area contributed by atoms with Crippen molar-refractivity contribution in [1.82, 2.24) is 14.9 Å². The fourth-order valence-electron chi connectivity index (χ4n) is 2.80. The minimum atomic E-state index is -0.261. The lowest BCUT2D eigenvalue weighted by atomic mass is 10.2. The molecule has 3 aromatic rings. The molecule has 0 aliphatic carbocycles. The summed E-state index contributed by atoms with van der Waals surface area (Å²) in [7, 11) is 0. The van der Waals surface area contributed by atoms with Gasteiger partial charge in [0, 0.05) is 49.9 Å². The second-order valence-electron chi connectivity index (χ2n) is 5.73. The molecule has 2 aromatic heterocycles. The van der Waals surface area contributed by atoms with Crippen molar-refractivity contribution in [2.45, 2.75) is 6.54 Å². The topological polar surface area (TPSA) is 45.4 Å². The number of halogens is 1. The highest BCUT2D eigenvalue weighted by molar-refractivity contribution is 7.13. The summed E-state index contributed by atoms with van der Waals surface area (Å²) >= 11 is 1.68. The zero-order chi connectivity index (χ0) is 16.4. The molecule has 1 aliphatic heterocycles. The van der Waals surface area contributed by atoms with Gasteiger partial charge in [-0.2, -0.15) is 0 Å². The number of hydrogen-bond acceptors (Lipinski definition) is 6. The Morgan fingerprint density at radius 1 is 1.12 bits per heavy atom. The Balaban J connectivity index is 1.36. The second-order valence-corrected chi connectivity index (χ2v) is 6.60. The minimum absolute atomic E-state index is 0.261. The smallest absolute Gasteiger partial charge is 0.226 e. The van der Waals surface area contributed by atoms with Crippen LogP contribution in [0.3, 0.4) is 0 Å². The number of hydrogen-bond donors (Lipinski definition) is 0. The van der Waals surface area contributed by atoms with Gasteiger partial charge in [0.2, 0.25) is 5.89 Å². The maximum atomic E-state index is 13.0. The van der Waals surface area contributed by atoms with E-state index >= 15 is 0 Å². The molecule has 0 atom stereocenters. The molecule has 0 radical (unpaired) electrons. The number of thiazole rings is 1. The van der Waals surface area contributed by atoms with Gasteiger partial charge in [0.05, 0.1) is 5.69 Å². The van der Waals surface area contributed by atoms with Gasteiger partial charge in [-0.3, -0.25) is 4.90 Å². The largest absolute Gasteiger partial charge is 0.444 e. The van der Waals surface area contributed by atoms with Crippen molar-refractivity contribution in [3.8, 4) is 11.5 Å². The summed E-state index contributed by atoms with van der Waals surface area (Å²) in [6, 6.07) is 6.18. The van der Waals surface area contributed by atoms with Gasteiger partial charge in [0.15, 0.2) is 5.13 Å². The van der Waals surface area contributed by atoms with Crippen LogP contribution < -0.4 is 4.90 Å². The molecule has 0 bridgehead atoms. The number of oxazole rings is 1. The van der Waals surface area contributed by atoms with Crippen LogP contribution in [0, 0.1) is 5.82 Å². The Bertz CT molecular complexity index is 779. The van der Waals surface area contributed by atoms with Gasteiger partial charge < -0.3 is 9.32 Å². The first-order chi connectivity index (χ1) is 11.8. The molecule has 1 fully saturated rings. The molecule has 3 heterocycles. The molecule has 0 unspecified atom stereocenters. The normalized spacial score (nSPS) is 15.8.